The van der Waals surface area contributed by atoms with Crippen molar-refractivity contribution < 1.29 is 4.74 Å². The van der Waals surface area contributed by atoms with E-state index in [2.05, 4.69) is 47.6 Å². The van der Waals surface area contributed by atoms with Crippen molar-refractivity contribution in [3.05, 3.63) is 35.9 Å². The van der Waals surface area contributed by atoms with E-state index in [4.69, 9.17) is 10.5 Å². The zero-order chi connectivity index (χ0) is 16.3. The molecule has 23 heavy (non-hydrogen) atoms. The molecule has 1 aromatic rings. The molecule has 0 saturated carbocycles. The van der Waals surface area contributed by atoms with Crippen molar-refractivity contribution >= 4 is 0 Å². The van der Waals surface area contributed by atoms with E-state index in [0.29, 0.717) is 6.04 Å². The Hall–Kier alpha value is -0.940. The molecule has 0 bridgehead atoms. The molecule has 2 atom stereocenters. The van der Waals surface area contributed by atoms with Gasteiger partial charge in [-0.3, -0.25) is 0 Å². The van der Waals surface area contributed by atoms with Crippen LogP contribution >= 0.6 is 0 Å². The first-order valence-corrected chi connectivity index (χ1v) is 9.07. The summed E-state index contributed by atoms with van der Waals surface area (Å²) in [6.07, 6.45) is 6.90. The number of nitrogens with zero attached hydrogens (tertiary/aromatic N) is 1. The van der Waals surface area contributed by atoms with Gasteiger partial charge in [0.1, 0.15) is 6.23 Å². The molecule has 0 radical (unpaired) electrons. The molecule has 130 valence electrons. The highest BCUT2D eigenvalue weighted by molar-refractivity contribution is 5.14. The lowest BCUT2D eigenvalue weighted by atomic mass is 10.0. The second kappa shape index (κ2) is 10.8. The van der Waals surface area contributed by atoms with Crippen LogP contribution in [0, 0.1) is 0 Å². The van der Waals surface area contributed by atoms with E-state index in [9.17, 15) is 0 Å². The van der Waals surface area contributed by atoms with Crippen LogP contribution < -0.4 is 11.1 Å². The van der Waals surface area contributed by atoms with Gasteiger partial charge in [0, 0.05) is 25.6 Å². The highest BCUT2D eigenvalue weighted by Crippen LogP contribution is 2.12. The number of nitrogens with two attached hydrogens (primary N) is 1. The Morgan fingerprint density at radius 3 is 2.83 bits per heavy atom. The van der Waals surface area contributed by atoms with Crippen molar-refractivity contribution in [1.29, 1.82) is 0 Å². The molecular weight excluding hydrogens is 286 g/mol. The van der Waals surface area contributed by atoms with Crippen LogP contribution in [0.5, 0.6) is 0 Å². The van der Waals surface area contributed by atoms with E-state index < -0.39 is 0 Å². The number of hydrogen-bond acceptors (Lipinski definition) is 4. The molecule has 0 spiro atoms. The number of hydrogen-bond donors (Lipinski definition) is 2. The zero-order valence-corrected chi connectivity index (χ0v) is 14.5. The number of ether oxygens (including phenoxy) is 1. The second-order valence-corrected chi connectivity index (χ2v) is 6.72. The minimum atomic E-state index is -0.118. The van der Waals surface area contributed by atoms with E-state index in [-0.39, 0.29) is 6.23 Å². The first-order chi connectivity index (χ1) is 11.2. The Labute approximate surface area is 141 Å². The average molecular weight is 319 g/mol. The highest BCUT2D eigenvalue weighted by Gasteiger charge is 2.16. The fourth-order valence-corrected chi connectivity index (χ4v) is 3.17. The van der Waals surface area contributed by atoms with E-state index in [1.807, 2.05) is 0 Å². The summed E-state index contributed by atoms with van der Waals surface area (Å²) < 4.78 is 5.76. The number of nitrogens with one attached hydrogen (secondary N) is 1. The number of unbranched alkanes of at least 4 members (excludes halogenated alkanes) is 1. The third-order valence-corrected chi connectivity index (χ3v) is 4.49. The lowest BCUT2D eigenvalue weighted by Gasteiger charge is -2.26. The van der Waals surface area contributed by atoms with Gasteiger partial charge in [-0.1, -0.05) is 36.8 Å². The fourth-order valence-electron chi connectivity index (χ4n) is 3.17. The van der Waals surface area contributed by atoms with Crippen LogP contribution in [0.4, 0.5) is 0 Å². The van der Waals surface area contributed by atoms with Gasteiger partial charge in [-0.05, 0) is 51.4 Å². The van der Waals surface area contributed by atoms with Gasteiger partial charge in [0.05, 0.1) is 0 Å². The summed E-state index contributed by atoms with van der Waals surface area (Å²) in [6, 6.07) is 11.2. The molecule has 1 aromatic carbocycles. The van der Waals surface area contributed by atoms with E-state index in [0.717, 1.165) is 45.5 Å². The standard InChI is InChI=1S/C19H33N3O/c1-22(16-17-9-3-2-4-10-17)13-7-8-14-23-19(20)15-18-11-5-6-12-21-18/h2-4,9-10,18-19,21H,5-8,11-16,20H2,1H3. The van der Waals surface area contributed by atoms with Crippen LogP contribution in [0.15, 0.2) is 30.3 Å². The van der Waals surface area contributed by atoms with Crippen LogP contribution in [0.25, 0.3) is 0 Å². The highest BCUT2D eigenvalue weighted by atomic mass is 16.5. The van der Waals surface area contributed by atoms with Crippen LogP contribution in [-0.4, -0.2) is 43.9 Å². The molecule has 2 unspecified atom stereocenters. The maximum Gasteiger partial charge on any atom is 0.107 e. The Balaban J connectivity index is 1.48. The van der Waals surface area contributed by atoms with Gasteiger partial charge in [0.2, 0.25) is 0 Å². The molecule has 0 amide bonds. The number of rotatable bonds is 10. The smallest absolute Gasteiger partial charge is 0.107 e. The minimum Gasteiger partial charge on any atom is -0.364 e. The molecular formula is C19H33N3O. The van der Waals surface area contributed by atoms with Gasteiger partial charge in [-0.25, -0.2) is 0 Å². The van der Waals surface area contributed by atoms with Crippen molar-refractivity contribution in [2.24, 2.45) is 5.73 Å². The van der Waals surface area contributed by atoms with Crippen molar-refractivity contribution in [1.82, 2.24) is 10.2 Å². The van der Waals surface area contributed by atoms with Gasteiger partial charge < -0.3 is 20.7 Å². The van der Waals surface area contributed by atoms with Gasteiger partial charge >= 0.3 is 0 Å². The average Bonchev–Trinajstić information content (AvgIpc) is 2.56. The zero-order valence-electron chi connectivity index (χ0n) is 14.5. The number of piperidine rings is 1. The lowest BCUT2D eigenvalue weighted by Crippen LogP contribution is -2.40. The molecule has 1 aliphatic heterocycles. The van der Waals surface area contributed by atoms with Crippen LogP contribution in [-0.2, 0) is 11.3 Å². The van der Waals surface area contributed by atoms with Crippen LogP contribution in [0.3, 0.4) is 0 Å². The number of benzene rings is 1. The first kappa shape index (κ1) is 18.4. The van der Waals surface area contributed by atoms with Crippen molar-refractivity contribution in [3.63, 3.8) is 0 Å². The Kier molecular flexibility index (Phi) is 8.61. The summed E-state index contributed by atoms with van der Waals surface area (Å²) in [7, 11) is 2.17. The fraction of sp³-hybridized carbons (Fsp3) is 0.684. The Bertz CT molecular complexity index is 406. The molecule has 0 aromatic heterocycles. The third-order valence-electron chi connectivity index (χ3n) is 4.49. The maximum absolute atomic E-state index is 6.08. The van der Waals surface area contributed by atoms with E-state index in [1.54, 1.807) is 0 Å². The van der Waals surface area contributed by atoms with Crippen LogP contribution in [0.2, 0.25) is 0 Å². The molecule has 0 aliphatic carbocycles. The third kappa shape index (κ3) is 7.93. The molecule has 4 nitrogen and oxygen atoms in total. The monoisotopic (exact) mass is 319 g/mol. The largest absolute Gasteiger partial charge is 0.364 e. The molecule has 1 saturated heterocycles. The molecule has 1 aliphatic rings. The van der Waals surface area contributed by atoms with Gasteiger partial charge in [0.25, 0.3) is 0 Å². The second-order valence-electron chi connectivity index (χ2n) is 6.72. The molecule has 1 heterocycles. The van der Waals surface area contributed by atoms with Crippen molar-refractivity contribution in [3.8, 4) is 0 Å². The summed E-state index contributed by atoms with van der Waals surface area (Å²) in [5.74, 6) is 0. The van der Waals surface area contributed by atoms with E-state index >= 15 is 0 Å². The van der Waals surface area contributed by atoms with Crippen molar-refractivity contribution in [2.75, 3.05) is 26.7 Å². The Morgan fingerprint density at radius 2 is 2.09 bits per heavy atom. The van der Waals surface area contributed by atoms with Gasteiger partial charge in [0.15, 0.2) is 0 Å². The van der Waals surface area contributed by atoms with Crippen LogP contribution in [0.1, 0.15) is 44.1 Å². The van der Waals surface area contributed by atoms with Gasteiger partial charge in [-0.2, -0.15) is 0 Å². The quantitative estimate of drug-likeness (QED) is 0.514. The SMILES string of the molecule is CN(CCCCOC(N)CC1CCCCN1)Cc1ccccc1. The maximum atomic E-state index is 6.08. The normalized spacial score (nSPS) is 19.9. The van der Waals surface area contributed by atoms with Gasteiger partial charge in [-0.15, -0.1) is 0 Å². The first-order valence-electron chi connectivity index (χ1n) is 9.07. The predicted octanol–water partition coefficient (Wildman–Crippen LogP) is 2.73. The van der Waals surface area contributed by atoms with Crippen molar-refractivity contribution in [2.45, 2.75) is 57.3 Å². The Morgan fingerprint density at radius 1 is 1.26 bits per heavy atom. The lowest BCUT2D eigenvalue weighted by molar-refractivity contribution is 0.0394. The summed E-state index contributed by atoms with van der Waals surface area (Å²) in [5.41, 5.74) is 7.44. The summed E-state index contributed by atoms with van der Waals surface area (Å²) in [6.45, 7) is 4.00. The molecule has 1 fully saturated rings. The molecule has 2 rings (SSSR count). The van der Waals surface area contributed by atoms with E-state index in [1.165, 1.54) is 24.8 Å². The molecule has 4 heteroatoms. The minimum absolute atomic E-state index is 0.118. The summed E-state index contributed by atoms with van der Waals surface area (Å²) in [5, 5.41) is 3.52. The topological polar surface area (TPSA) is 50.5 Å². The molecule has 3 N–H and O–H groups in total. The predicted molar refractivity (Wildman–Crippen MR) is 96.2 cm³/mol. The summed E-state index contributed by atoms with van der Waals surface area (Å²) in [4.78, 5) is 2.36. The summed E-state index contributed by atoms with van der Waals surface area (Å²) >= 11 is 0.